The standard InChI is InChI=1S/C32H47ClN4O3.ClH/c1-22(38)36-32(26-9-3-2-4-10-26)15-17-37(18-16-32)31(40)29(19-23-11-13-27(33)14-12-23)35-30(39)28-20-24-7-5-6-8-25(24)21-34-28;/h11-14,24-26,28-29,34H,2-10,15-21H2,1H3,(H,35,39)(H,36,38);1H/t24-,25+,28+,29-;/m1./s1. The predicted octanol–water partition coefficient (Wildman–Crippen LogP) is 5.04. The molecule has 3 amide bonds. The summed E-state index contributed by atoms with van der Waals surface area (Å²) in [6, 6.07) is 6.64. The highest BCUT2D eigenvalue weighted by atomic mass is 35.5. The van der Waals surface area contributed by atoms with Crippen LogP contribution in [0.1, 0.15) is 89.5 Å². The number of nitrogens with zero attached hydrogens (tertiary/aromatic N) is 1. The van der Waals surface area contributed by atoms with Crippen LogP contribution in [-0.4, -0.2) is 59.9 Å². The highest BCUT2D eigenvalue weighted by Gasteiger charge is 2.44. The molecule has 41 heavy (non-hydrogen) atoms. The number of hydrogen-bond donors (Lipinski definition) is 3. The van der Waals surface area contributed by atoms with Gasteiger partial charge < -0.3 is 20.9 Å². The highest BCUT2D eigenvalue weighted by Crippen LogP contribution is 2.39. The molecule has 0 radical (unpaired) electrons. The minimum absolute atomic E-state index is 0. The van der Waals surface area contributed by atoms with E-state index in [1.807, 2.05) is 29.2 Å². The zero-order chi connectivity index (χ0) is 28.1. The van der Waals surface area contributed by atoms with Crippen LogP contribution >= 0.6 is 24.0 Å². The van der Waals surface area contributed by atoms with E-state index in [9.17, 15) is 14.4 Å². The van der Waals surface area contributed by atoms with E-state index in [2.05, 4.69) is 16.0 Å². The fraction of sp³-hybridized carbons (Fsp3) is 0.719. The molecular formula is C32H48Cl2N4O3. The van der Waals surface area contributed by atoms with Gasteiger partial charge in [-0.15, -0.1) is 12.4 Å². The molecule has 0 unspecified atom stereocenters. The summed E-state index contributed by atoms with van der Waals surface area (Å²) in [4.78, 5) is 41.7. The van der Waals surface area contributed by atoms with Crippen molar-refractivity contribution in [3.63, 3.8) is 0 Å². The van der Waals surface area contributed by atoms with E-state index in [1.54, 1.807) is 6.92 Å². The summed E-state index contributed by atoms with van der Waals surface area (Å²) in [5, 5.41) is 10.6. The normalized spacial score (nSPS) is 27.1. The van der Waals surface area contributed by atoms with E-state index in [1.165, 1.54) is 44.9 Å². The molecule has 1 aromatic carbocycles. The van der Waals surface area contributed by atoms with Gasteiger partial charge in [0.1, 0.15) is 6.04 Å². The predicted molar refractivity (Wildman–Crippen MR) is 165 cm³/mol. The zero-order valence-electron chi connectivity index (χ0n) is 24.5. The molecule has 5 rings (SSSR count). The Morgan fingerprint density at radius 2 is 1.61 bits per heavy atom. The number of likely N-dealkylation sites (tertiary alicyclic amines) is 1. The maximum atomic E-state index is 14.0. The van der Waals surface area contributed by atoms with Gasteiger partial charge in [0.05, 0.1) is 6.04 Å². The Hall–Kier alpha value is -1.83. The van der Waals surface area contributed by atoms with E-state index in [0.717, 1.165) is 44.2 Å². The lowest BCUT2D eigenvalue weighted by molar-refractivity contribution is -0.139. The number of hydrogen-bond acceptors (Lipinski definition) is 4. The number of benzene rings is 1. The Morgan fingerprint density at radius 1 is 0.976 bits per heavy atom. The number of amides is 3. The lowest BCUT2D eigenvalue weighted by atomic mass is 9.69. The van der Waals surface area contributed by atoms with Gasteiger partial charge in [0, 0.05) is 37.0 Å². The minimum atomic E-state index is -0.637. The summed E-state index contributed by atoms with van der Waals surface area (Å²) in [6.07, 6.45) is 13.8. The monoisotopic (exact) mass is 606 g/mol. The molecule has 4 fully saturated rings. The van der Waals surface area contributed by atoms with Gasteiger partial charge in [-0.05, 0) is 80.5 Å². The van der Waals surface area contributed by atoms with Gasteiger partial charge in [-0.2, -0.15) is 0 Å². The Morgan fingerprint density at radius 3 is 2.27 bits per heavy atom. The summed E-state index contributed by atoms with van der Waals surface area (Å²) in [6.45, 7) is 3.67. The first-order valence-electron chi connectivity index (χ1n) is 15.7. The largest absolute Gasteiger partial charge is 0.350 e. The second-order valence-corrected chi connectivity index (χ2v) is 13.3. The van der Waals surface area contributed by atoms with E-state index >= 15 is 0 Å². The number of halogens is 2. The average molecular weight is 608 g/mol. The summed E-state index contributed by atoms with van der Waals surface area (Å²) in [5.74, 6) is 1.65. The average Bonchev–Trinajstić information content (AvgIpc) is 2.98. The van der Waals surface area contributed by atoms with Gasteiger partial charge in [0.2, 0.25) is 17.7 Å². The summed E-state index contributed by atoms with van der Waals surface area (Å²) < 4.78 is 0. The van der Waals surface area contributed by atoms with Crippen LogP contribution in [0, 0.1) is 17.8 Å². The highest BCUT2D eigenvalue weighted by molar-refractivity contribution is 6.30. The van der Waals surface area contributed by atoms with Crippen LogP contribution in [0.15, 0.2) is 24.3 Å². The molecule has 4 aliphatic rings. The smallest absolute Gasteiger partial charge is 0.245 e. The van der Waals surface area contributed by atoms with Crippen molar-refractivity contribution in [3.8, 4) is 0 Å². The third-order valence-electron chi connectivity index (χ3n) is 10.3. The molecule has 2 saturated heterocycles. The number of rotatable bonds is 7. The summed E-state index contributed by atoms with van der Waals surface area (Å²) >= 11 is 6.12. The molecule has 2 saturated carbocycles. The zero-order valence-corrected chi connectivity index (χ0v) is 26.0. The number of piperidine rings is 2. The SMILES string of the molecule is CC(=O)NC1(C2CCCCC2)CCN(C(=O)[C@@H](Cc2ccc(Cl)cc2)NC(=O)[C@@H]2C[C@H]3CCCC[C@H]3CN2)CC1.Cl. The van der Waals surface area contributed by atoms with Crippen molar-refractivity contribution >= 4 is 41.7 Å². The summed E-state index contributed by atoms with van der Waals surface area (Å²) in [5.41, 5.74) is 0.736. The molecule has 4 atom stereocenters. The number of fused-ring (bicyclic) bond motifs is 1. The quantitative estimate of drug-likeness (QED) is 0.406. The molecule has 2 heterocycles. The Balaban J connectivity index is 0.00000387. The first-order valence-corrected chi connectivity index (χ1v) is 16.1. The number of nitrogens with one attached hydrogen (secondary N) is 3. The van der Waals surface area contributed by atoms with Crippen molar-refractivity contribution in [2.75, 3.05) is 19.6 Å². The van der Waals surface area contributed by atoms with E-state index in [0.29, 0.717) is 42.3 Å². The Labute approximate surface area is 256 Å². The molecule has 228 valence electrons. The van der Waals surface area contributed by atoms with Crippen LogP contribution in [0.2, 0.25) is 5.02 Å². The van der Waals surface area contributed by atoms with E-state index in [4.69, 9.17) is 11.6 Å². The van der Waals surface area contributed by atoms with Crippen LogP contribution in [0.4, 0.5) is 0 Å². The van der Waals surface area contributed by atoms with Crippen LogP contribution in [0.5, 0.6) is 0 Å². The third-order valence-corrected chi connectivity index (χ3v) is 10.5. The lowest BCUT2D eigenvalue weighted by Crippen LogP contribution is -2.62. The van der Waals surface area contributed by atoms with Crippen molar-refractivity contribution < 1.29 is 14.4 Å². The third kappa shape index (κ3) is 7.97. The minimum Gasteiger partial charge on any atom is -0.350 e. The van der Waals surface area contributed by atoms with Gasteiger partial charge in [-0.1, -0.05) is 62.3 Å². The molecule has 2 aliphatic carbocycles. The Kier molecular flexibility index (Phi) is 11.4. The van der Waals surface area contributed by atoms with Crippen molar-refractivity contribution in [2.24, 2.45) is 17.8 Å². The van der Waals surface area contributed by atoms with E-state index in [-0.39, 0.29) is 41.7 Å². The summed E-state index contributed by atoms with van der Waals surface area (Å²) in [7, 11) is 0. The van der Waals surface area contributed by atoms with Gasteiger partial charge in [-0.3, -0.25) is 14.4 Å². The van der Waals surface area contributed by atoms with Gasteiger partial charge in [0.25, 0.3) is 0 Å². The topological polar surface area (TPSA) is 90.5 Å². The molecule has 9 heteroatoms. The van der Waals surface area contributed by atoms with Crippen LogP contribution in [-0.2, 0) is 20.8 Å². The van der Waals surface area contributed by atoms with Crippen LogP contribution in [0.3, 0.4) is 0 Å². The van der Waals surface area contributed by atoms with Crippen molar-refractivity contribution in [1.82, 2.24) is 20.9 Å². The molecule has 0 aromatic heterocycles. The molecule has 0 bridgehead atoms. The molecule has 0 spiro atoms. The first-order chi connectivity index (χ1) is 19.3. The second-order valence-electron chi connectivity index (χ2n) is 12.9. The molecular weight excluding hydrogens is 559 g/mol. The molecule has 2 aliphatic heterocycles. The fourth-order valence-corrected chi connectivity index (χ4v) is 8.19. The number of carbonyl (C=O) groups excluding carboxylic acids is 3. The lowest BCUT2D eigenvalue weighted by Gasteiger charge is -2.48. The first kappa shape index (κ1) is 32.1. The second kappa shape index (κ2) is 14.6. The van der Waals surface area contributed by atoms with Gasteiger partial charge in [0.15, 0.2) is 0 Å². The van der Waals surface area contributed by atoms with Crippen molar-refractivity contribution in [1.29, 1.82) is 0 Å². The van der Waals surface area contributed by atoms with Crippen LogP contribution < -0.4 is 16.0 Å². The van der Waals surface area contributed by atoms with Crippen LogP contribution in [0.25, 0.3) is 0 Å². The van der Waals surface area contributed by atoms with Gasteiger partial charge in [-0.25, -0.2) is 0 Å². The maximum absolute atomic E-state index is 14.0. The van der Waals surface area contributed by atoms with E-state index < -0.39 is 6.04 Å². The molecule has 1 aromatic rings. The number of carbonyl (C=O) groups is 3. The molecule has 7 nitrogen and oxygen atoms in total. The maximum Gasteiger partial charge on any atom is 0.245 e. The van der Waals surface area contributed by atoms with Gasteiger partial charge >= 0.3 is 0 Å². The Bertz CT molecular complexity index is 1040. The van der Waals surface area contributed by atoms with Crippen molar-refractivity contribution in [3.05, 3.63) is 34.9 Å². The molecule has 3 N–H and O–H groups in total. The van der Waals surface area contributed by atoms with Crippen molar-refractivity contribution in [2.45, 2.75) is 108 Å². The fourth-order valence-electron chi connectivity index (χ4n) is 8.06.